The topological polar surface area (TPSA) is 76.6 Å². The van der Waals surface area contributed by atoms with Gasteiger partial charge < -0.3 is 4.74 Å². The standard InChI is InChI=1S/C14H15N5OS/c15-8-11-4-1-2-5-12(11)10-21-14-16-17-18-19(14)9-13-6-3-7-20-13/h1-2,4-5,13H,3,6-7,9-10H2. The van der Waals surface area contributed by atoms with Gasteiger partial charge in [0.2, 0.25) is 5.16 Å². The molecule has 1 aliphatic rings. The molecule has 1 atom stereocenters. The molecule has 0 bridgehead atoms. The lowest BCUT2D eigenvalue weighted by Crippen LogP contribution is -2.16. The number of nitriles is 1. The Kier molecular flexibility index (Phi) is 4.48. The maximum absolute atomic E-state index is 9.10. The van der Waals surface area contributed by atoms with Crippen molar-refractivity contribution in [2.24, 2.45) is 0 Å². The van der Waals surface area contributed by atoms with Crippen molar-refractivity contribution in [1.29, 1.82) is 5.26 Å². The Morgan fingerprint density at radius 2 is 2.33 bits per heavy atom. The van der Waals surface area contributed by atoms with Gasteiger partial charge in [0, 0.05) is 12.4 Å². The largest absolute Gasteiger partial charge is 0.376 e. The molecule has 0 aliphatic carbocycles. The molecule has 1 saturated heterocycles. The number of rotatable bonds is 5. The zero-order chi connectivity index (χ0) is 14.5. The fourth-order valence-corrected chi connectivity index (χ4v) is 3.18. The van der Waals surface area contributed by atoms with E-state index in [-0.39, 0.29) is 6.10 Å². The summed E-state index contributed by atoms with van der Waals surface area (Å²) < 4.78 is 7.40. The van der Waals surface area contributed by atoms with Crippen LogP contribution in [0.3, 0.4) is 0 Å². The average Bonchev–Trinajstić information content (AvgIpc) is 3.18. The number of tetrazole rings is 1. The number of hydrogen-bond acceptors (Lipinski definition) is 6. The SMILES string of the molecule is N#Cc1ccccc1CSc1nnnn1CC1CCCO1. The molecular weight excluding hydrogens is 286 g/mol. The minimum atomic E-state index is 0.208. The van der Waals surface area contributed by atoms with E-state index in [0.717, 1.165) is 30.2 Å². The van der Waals surface area contributed by atoms with Crippen LogP contribution in [0.15, 0.2) is 29.4 Å². The second-order valence-electron chi connectivity index (χ2n) is 4.84. The number of thioether (sulfide) groups is 1. The van der Waals surface area contributed by atoms with Gasteiger partial charge in [-0.1, -0.05) is 30.0 Å². The molecule has 0 spiro atoms. The Labute approximate surface area is 127 Å². The number of hydrogen-bond donors (Lipinski definition) is 0. The highest BCUT2D eigenvalue weighted by Gasteiger charge is 2.19. The molecular formula is C14H15N5OS. The molecule has 2 aromatic rings. The van der Waals surface area contributed by atoms with Crippen LogP contribution in [0.25, 0.3) is 0 Å². The molecule has 2 heterocycles. The van der Waals surface area contributed by atoms with E-state index < -0.39 is 0 Å². The van der Waals surface area contributed by atoms with Crippen molar-refractivity contribution >= 4 is 11.8 Å². The molecule has 1 aliphatic heterocycles. The van der Waals surface area contributed by atoms with Crippen LogP contribution in [0.2, 0.25) is 0 Å². The first kappa shape index (κ1) is 14.0. The number of aromatic nitrogens is 4. The van der Waals surface area contributed by atoms with E-state index in [1.165, 1.54) is 11.8 Å². The summed E-state index contributed by atoms with van der Waals surface area (Å²) in [6.45, 7) is 1.51. The summed E-state index contributed by atoms with van der Waals surface area (Å²) in [5.74, 6) is 0.676. The molecule has 7 heteroatoms. The zero-order valence-electron chi connectivity index (χ0n) is 11.5. The van der Waals surface area contributed by atoms with Crippen molar-refractivity contribution in [3.63, 3.8) is 0 Å². The van der Waals surface area contributed by atoms with E-state index >= 15 is 0 Å². The summed E-state index contributed by atoms with van der Waals surface area (Å²) in [4.78, 5) is 0. The molecule has 0 N–H and O–H groups in total. The van der Waals surface area contributed by atoms with E-state index in [9.17, 15) is 0 Å². The molecule has 21 heavy (non-hydrogen) atoms. The van der Waals surface area contributed by atoms with Gasteiger partial charge >= 0.3 is 0 Å². The van der Waals surface area contributed by atoms with Gasteiger partial charge in [0.1, 0.15) is 0 Å². The summed E-state index contributed by atoms with van der Waals surface area (Å²) in [6, 6.07) is 9.80. The second-order valence-corrected chi connectivity index (χ2v) is 5.78. The second kappa shape index (κ2) is 6.70. The first-order chi connectivity index (χ1) is 10.4. The van der Waals surface area contributed by atoms with E-state index in [1.54, 1.807) is 4.68 Å². The van der Waals surface area contributed by atoms with Crippen molar-refractivity contribution in [3.05, 3.63) is 35.4 Å². The zero-order valence-corrected chi connectivity index (χ0v) is 12.3. The minimum Gasteiger partial charge on any atom is -0.376 e. The van der Waals surface area contributed by atoms with Crippen LogP contribution in [0.4, 0.5) is 0 Å². The summed E-state index contributed by atoms with van der Waals surface area (Å²) in [5.41, 5.74) is 1.69. The summed E-state index contributed by atoms with van der Waals surface area (Å²) in [7, 11) is 0. The van der Waals surface area contributed by atoms with Crippen LogP contribution in [0, 0.1) is 11.3 Å². The summed E-state index contributed by atoms with van der Waals surface area (Å²) in [6.07, 6.45) is 2.37. The maximum Gasteiger partial charge on any atom is 0.209 e. The lowest BCUT2D eigenvalue weighted by Gasteiger charge is -2.10. The predicted octanol–water partition coefficient (Wildman–Crippen LogP) is 2.02. The predicted molar refractivity (Wildman–Crippen MR) is 77.5 cm³/mol. The highest BCUT2D eigenvalue weighted by Crippen LogP contribution is 2.23. The fourth-order valence-electron chi connectivity index (χ4n) is 2.29. The van der Waals surface area contributed by atoms with E-state index in [1.807, 2.05) is 24.3 Å². The van der Waals surface area contributed by atoms with Crippen LogP contribution in [-0.2, 0) is 17.0 Å². The quantitative estimate of drug-likeness (QED) is 0.786. The van der Waals surface area contributed by atoms with Gasteiger partial charge in [-0.25, -0.2) is 4.68 Å². The highest BCUT2D eigenvalue weighted by atomic mass is 32.2. The van der Waals surface area contributed by atoms with E-state index in [4.69, 9.17) is 10.00 Å². The summed E-state index contributed by atoms with van der Waals surface area (Å²) >= 11 is 1.54. The smallest absolute Gasteiger partial charge is 0.209 e. The van der Waals surface area contributed by atoms with Gasteiger partial charge in [0.05, 0.1) is 24.3 Å². The van der Waals surface area contributed by atoms with Crippen molar-refractivity contribution in [2.75, 3.05) is 6.61 Å². The van der Waals surface area contributed by atoms with Crippen LogP contribution in [0.1, 0.15) is 24.0 Å². The Bertz CT molecular complexity index is 645. The van der Waals surface area contributed by atoms with Gasteiger partial charge in [-0.05, 0) is 34.9 Å². The first-order valence-electron chi connectivity index (χ1n) is 6.85. The normalized spacial score (nSPS) is 17.8. The first-order valence-corrected chi connectivity index (χ1v) is 7.84. The van der Waals surface area contributed by atoms with Gasteiger partial charge in [-0.3, -0.25) is 0 Å². The minimum absolute atomic E-state index is 0.208. The van der Waals surface area contributed by atoms with E-state index in [0.29, 0.717) is 17.9 Å². The monoisotopic (exact) mass is 301 g/mol. The van der Waals surface area contributed by atoms with Gasteiger partial charge in [0.25, 0.3) is 0 Å². The molecule has 1 aromatic heterocycles. The molecule has 0 amide bonds. The lowest BCUT2D eigenvalue weighted by atomic mass is 10.1. The highest BCUT2D eigenvalue weighted by molar-refractivity contribution is 7.98. The van der Waals surface area contributed by atoms with Crippen molar-refractivity contribution < 1.29 is 4.74 Å². The molecule has 1 unspecified atom stereocenters. The third-order valence-corrected chi connectivity index (χ3v) is 4.40. The van der Waals surface area contributed by atoms with Crippen molar-refractivity contribution in [3.8, 4) is 6.07 Å². The average molecular weight is 301 g/mol. The molecule has 0 radical (unpaired) electrons. The lowest BCUT2D eigenvalue weighted by molar-refractivity contribution is 0.0912. The van der Waals surface area contributed by atoms with E-state index in [2.05, 4.69) is 21.6 Å². The van der Waals surface area contributed by atoms with Gasteiger partial charge in [-0.15, -0.1) is 5.10 Å². The van der Waals surface area contributed by atoms with Crippen LogP contribution < -0.4 is 0 Å². The molecule has 3 rings (SSSR count). The molecule has 1 fully saturated rings. The van der Waals surface area contributed by atoms with Crippen molar-refractivity contribution in [2.45, 2.75) is 36.4 Å². The summed E-state index contributed by atoms with van der Waals surface area (Å²) in [5, 5.41) is 21.7. The van der Waals surface area contributed by atoms with Crippen LogP contribution >= 0.6 is 11.8 Å². The Morgan fingerprint density at radius 1 is 1.43 bits per heavy atom. The third-order valence-electron chi connectivity index (χ3n) is 3.39. The van der Waals surface area contributed by atoms with Crippen molar-refractivity contribution in [1.82, 2.24) is 20.2 Å². The Hall–Kier alpha value is -1.91. The maximum atomic E-state index is 9.10. The number of ether oxygens (including phenoxy) is 1. The number of benzene rings is 1. The molecule has 108 valence electrons. The Morgan fingerprint density at radius 3 is 3.14 bits per heavy atom. The number of nitrogens with zero attached hydrogens (tertiary/aromatic N) is 5. The van der Waals surface area contributed by atoms with Gasteiger partial charge in [0.15, 0.2) is 0 Å². The third kappa shape index (κ3) is 3.40. The molecule has 0 saturated carbocycles. The fraction of sp³-hybridized carbons (Fsp3) is 0.429. The van der Waals surface area contributed by atoms with Crippen LogP contribution in [0.5, 0.6) is 0 Å². The molecule has 1 aromatic carbocycles. The molecule has 6 nitrogen and oxygen atoms in total. The van der Waals surface area contributed by atoms with Crippen LogP contribution in [-0.4, -0.2) is 32.9 Å². The van der Waals surface area contributed by atoms with Gasteiger partial charge in [-0.2, -0.15) is 5.26 Å². The Balaban J connectivity index is 1.65.